The van der Waals surface area contributed by atoms with Crippen LogP contribution < -0.4 is 15.4 Å². The van der Waals surface area contributed by atoms with E-state index in [1.165, 1.54) is 11.8 Å². The number of amides is 2. The largest absolute Gasteiger partial charge is 0.484 e. The summed E-state index contributed by atoms with van der Waals surface area (Å²) >= 11 is 1.29. The molecule has 2 N–H and O–H groups in total. The molecule has 8 nitrogen and oxygen atoms in total. The summed E-state index contributed by atoms with van der Waals surface area (Å²) in [6, 6.07) is 8.29. The molecule has 2 heterocycles. The van der Waals surface area contributed by atoms with Crippen LogP contribution in [0.15, 0.2) is 30.3 Å². The number of Topliss-reactive ketones (excluding diaryl/α,β-unsaturated/α-hetero) is 1. The molecule has 2 unspecified atom stereocenters. The second kappa shape index (κ2) is 9.90. The molecule has 2 saturated heterocycles. The fraction of sp³-hybridized carbons (Fsp3) is 0.526. The molecular weight excluding hydrogens is 384 g/mol. The van der Waals surface area contributed by atoms with Gasteiger partial charge in [-0.05, 0) is 25.0 Å². The van der Waals surface area contributed by atoms with Gasteiger partial charge in [0.25, 0.3) is 5.91 Å². The molecule has 4 atom stereocenters. The van der Waals surface area contributed by atoms with Crippen molar-refractivity contribution in [2.75, 3.05) is 26.1 Å². The number of benzene rings is 1. The molecule has 3 rings (SSSR count). The molecule has 1 aromatic carbocycles. The molecule has 2 fully saturated rings. The summed E-state index contributed by atoms with van der Waals surface area (Å²) < 4.78 is 16.1. The van der Waals surface area contributed by atoms with Gasteiger partial charge in [-0.15, -0.1) is 11.8 Å². The third-order valence-corrected chi connectivity index (χ3v) is 5.72. The number of ketones is 1. The van der Waals surface area contributed by atoms with Crippen molar-refractivity contribution in [3.8, 4) is 5.75 Å². The molecule has 0 radical (unpaired) electrons. The lowest BCUT2D eigenvalue weighted by Crippen LogP contribution is -2.68. The van der Waals surface area contributed by atoms with Gasteiger partial charge in [0.2, 0.25) is 5.91 Å². The molecule has 152 valence electrons. The van der Waals surface area contributed by atoms with E-state index >= 15 is 0 Å². The number of thioether (sulfide) groups is 1. The quantitative estimate of drug-likeness (QED) is 0.544. The van der Waals surface area contributed by atoms with Gasteiger partial charge >= 0.3 is 0 Å². The molecule has 2 aliphatic heterocycles. The number of hydrogen-bond donors (Lipinski definition) is 2. The van der Waals surface area contributed by atoms with Crippen LogP contribution in [0.2, 0.25) is 0 Å². The van der Waals surface area contributed by atoms with Gasteiger partial charge in [-0.1, -0.05) is 18.2 Å². The maximum Gasteiger partial charge on any atom is 0.258 e. The highest BCUT2D eigenvalue weighted by molar-refractivity contribution is 8.00. The maximum absolute atomic E-state index is 12.3. The van der Waals surface area contributed by atoms with Gasteiger partial charge in [-0.3, -0.25) is 14.4 Å². The first-order chi connectivity index (χ1) is 13.6. The Balaban J connectivity index is 1.38. The topological polar surface area (TPSA) is 103 Å². The molecule has 28 heavy (non-hydrogen) atoms. The molecule has 0 aliphatic carbocycles. The molecule has 9 heteroatoms. The van der Waals surface area contributed by atoms with E-state index < -0.39 is 12.1 Å². The maximum atomic E-state index is 12.3. The zero-order chi connectivity index (χ0) is 19.9. The lowest BCUT2D eigenvalue weighted by Gasteiger charge is -2.36. The molecule has 0 aromatic heterocycles. The van der Waals surface area contributed by atoms with E-state index in [9.17, 15) is 14.4 Å². The van der Waals surface area contributed by atoms with Crippen LogP contribution in [0.5, 0.6) is 5.75 Å². The predicted octanol–water partition coefficient (Wildman–Crippen LogP) is 0.502. The Kier molecular flexibility index (Phi) is 7.30. The van der Waals surface area contributed by atoms with E-state index in [0.29, 0.717) is 18.8 Å². The van der Waals surface area contributed by atoms with Crippen LogP contribution in [0.3, 0.4) is 0 Å². The molecule has 1 aromatic rings. The number of hydrogen-bond acceptors (Lipinski definition) is 7. The zero-order valence-corrected chi connectivity index (χ0v) is 16.4. The zero-order valence-electron chi connectivity index (χ0n) is 15.6. The number of β-lactam (4-membered cyclic amide) rings is 1. The van der Waals surface area contributed by atoms with Crippen molar-refractivity contribution in [1.82, 2.24) is 10.6 Å². The minimum atomic E-state index is -0.671. The number of carbonyl (C=O) groups excluding carboxylic acids is 3. The molecular formula is C19H24N2O6S. The van der Waals surface area contributed by atoms with E-state index in [0.717, 1.165) is 6.42 Å². The third kappa shape index (κ3) is 5.46. The summed E-state index contributed by atoms with van der Waals surface area (Å²) in [6.07, 6.45) is 1.02. The highest BCUT2D eigenvalue weighted by atomic mass is 32.2. The Hall–Kier alpha value is -2.10. The van der Waals surface area contributed by atoms with Crippen molar-refractivity contribution in [2.24, 2.45) is 0 Å². The first kappa shape index (κ1) is 20.6. The number of rotatable bonds is 10. The monoisotopic (exact) mass is 408 g/mol. The van der Waals surface area contributed by atoms with Crippen molar-refractivity contribution in [3.05, 3.63) is 30.3 Å². The average Bonchev–Trinajstić information content (AvgIpc) is 3.17. The minimum Gasteiger partial charge on any atom is -0.484 e. The molecule has 2 aliphatic rings. The highest BCUT2D eigenvalue weighted by Gasteiger charge is 2.41. The fourth-order valence-electron chi connectivity index (χ4n) is 3.03. The summed E-state index contributed by atoms with van der Waals surface area (Å²) in [4.78, 5) is 36.1. The summed E-state index contributed by atoms with van der Waals surface area (Å²) in [6.45, 7) is 0.301. The Morgan fingerprint density at radius 2 is 2.07 bits per heavy atom. The Morgan fingerprint density at radius 3 is 2.79 bits per heavy atom. The number of methoxy groups -OCH3 is 1. The Bertz CT molecular complexity index is 701. The number of ether oxygens (including phenoxy) is 3. The van der Waals surface area contributed by atoms with Crippen LogP contribution in [0.4, 0.5) is 0 Å². The van der Waals surface area contributed by atoms with Crippen molar-refractivity contribution in [2.45, 2.75) is 36.5 Å². The van der Waals surface area contributed by atoms with Gasteiger partial charge in [0.05, 0.1) is 18.5 Å². The minimum absolute atomic E-state index is 0.0118. The van der Waals surface area contributed by atoms with Gasteiger partial charge in [-0.2, -0.15) is 0 Å². The third-order valence-electron chi connectivity index (χ3n) is 4.52. The van der Waals surface area contributed by atoms with Crippen LogP contribution >= 0.6 is 11.8 Å². The van der Waals surface area contributed by atoms with Crippen molar-refractivity contribution < 1.29 is 28.6 Å². The van der Waals surface area contributed by atoms with Crippen LogP contribution in [-0.4, -0.2) is 67.3 Å². The van der Waals surface area contributed by atoms with Crippen molar-refractivity contribution in [3.63, 3.8) is 0 Å². The summed E-state index contributed by atoms with van der Waals surface area (Å²) in [5.41, 5.74) is 0. The van der Waals surface area contributed by atoms with E-state index in [2.05, 4.69) is 10.6 Å². The SMILES string of the molecule is COCC1CCC(C(=O)CS[C@H]2NC(=O)[C@H]2NC(=O)COc2ccccc2)O1. The normalized spacial score (nSPS) is 26.2. The van der Waals surface area contributed by atoms with Crippen LogP contribution in [0.25, 0.3) is 0 Å². The van der Waals surface area contributed by atoms with Gasteiger partial charge < -0.3 is 24.8 Å². The Labute approximate surface area is 167 Å². The first-order valence-electron chi connectivity index (χ1n) is 9.13. The van der Waals surface area contributed by atoms with Gasteiger partial charge in [-0.25, -0.2) is 0 Å². The average molecular weight is 408 g/mol. The van der Waals surface area contributed by atoms with Gasteiger partial charge in [0.15, 0.2) is 12.4 Å². The first-order valence-corrected chi connectivity index (χ1v) is 10.2. The predicted molar refractivity (Wildman–Crippen MR) is 103 cm³/mol. The van der Waals surface area contributed by atoms with Crippen LogP contribution in [0.1, 0.15) is 12.8 Å². The molecule has 0 spiro atoms. The molecule has 0 saturated carbocycles. The van der Waals surface area contributed by atoms with E-state index in [4.69, 9.17) is 14.2 Å². The van der Waals surface area contributed by atoms with Gasteiger partial charge in [0, 0.05) is 7.11 Å². The lowest BCUT2D eigenvalue weighted by atomic mass is 10.1. The smallest absolute Gasteiger partial charge is 0.258 e. The lowest BCUT2D eigenvalue weighted by molar-refractivity contribution is -0.134. The van der Waals surface area contributed by atoms with E-state index in [1.54, 1.807) is 19.2 Å². The van der Waals surface area contributed by atoms with E-state index in [1.807, 2.05) is 18.2 Å². The standard InChI is InChI=1S/C19H24N2O6S/c1-25-9-13-7-8-15(27-13)14(22)11-28-19-17(18(24)21-19)20-16(23)10-26-12-5-3-2-4-6-12/h2-6,13,15,17,19H,7-11H2,1H3,(H,20,23)(H,21,24)/t13?,15?,17-,19-/m1/s1. The molecule has 2 amide bonds. The van der Waals surface area contributed by atoms with Crippen molar-refractivity contribution >= 4 is 29.4 Å². The number of para-hydroxylation sites is 1. The summed E-state index contributed by atoms with van der Waals surface area (Å²) in [7, 11) is 1.60. The highest BCUT2D eigenvalue weighted by Crippen LogP contribution is 2.25. The van der Waals surface area contributed by atoms with E-state index in [-0.39, 0.29) is 41.4 Å². The second-order valence-corrected chi connectivity index (χ2v) is 7.76. The van der Waals surface area contributed by atoms with Crippen LogP contribution in [0, 0.1) is 0 Å². The second-order valence-electron chi connectivity index (χ2n) is 6.63. The number of carbonyl (C=O) groups is 3. The van der Waals surface area contributed by atoms with Crippen molar-refractivity contribution in [1.29, 1.82) is 0 Å². The molecule has 0 bridgehead atoms. The summed E-state index contributed by atoms with van der Waals surface area (Å²) in [5.74, 6) is 0.123. The van der Waals surface area contributed by atoms with Gasteiger partial charge in [0.1, 0.15) is 23.3 Å². The summed E-state index contributed by atoms with van der Waals surface area (Å²) in [5, 5.41) is 5.01. The Morgan fingerprint density at radius 1 is 1.29 bits per heavy atom. The fourth-order valence-corrected chi connectivity index (χ4v) is 4.14. The van der Waals surface area contributed by atoms with Crippen LogP contribution in [-0.2, 0) is 23.9 Å². The number of nitrogens with one attached hydrogen (secondary N) is 2.